The molecular weight excluding hydrogens is 240 g/mol. The van der Waals surface area contributed by atoms with Gasteiger partial charge in [-0.25, -0.2) is 0 Å². The van der Waals surface area contributed by atoms with E-state index in [0.717, 1.165) is 6.54 Å². The molecule has 0 bridgehead atoms. The van der Waals surface area contributed by atoms with Crippen molar-refractivity contribution in [3.05, 3.63) is 0 Å². The summed E-state index contributed by atoms with van der Waals surface area (Å²) in [6, 6.07) is 0.582. The van der Waals surface area contributed by atoms with Crippen molar-refractivity contribution < 1.29 is 0 Å². The molecule has 2 aliphatic rings. The van der Waals surface area contributed by atoms with E-state index in [4.69, 9.17) is 4.99 Å². The van der Waals surface area contributed by atoms with E-state index in [9.17, 15) is 0 Å². The fourth-order valence-corrected chi connectivity index (χ4v) is 3.64. The predicted molar refractivity (Wildman–Crippen MR) is 82.3 cm³/mol. The van der Waals surface area contributed by atoms with E-state index in [-0.39, 0.29) is 0 Å². The van der Waals surface area contributed by atoms with Gasteiger partial charge in [-0.15, -0.1) is 0 Å². The summed E-state index contributed by atoms with van der Waals surface area (Å²) in [4.78, 5) is 4.87. The van der Waals surface area contributed by atoms with Crippen molar-refractivity contribution in [3.8, 4) is 0 Å². The quantitative estimate of drug-likeness (QED) is 0.831. The number of thioether (sulfide) groups is 1. The van der Waals surface area contributed by atoms with E-state index in [0.29, 0.717) is 16.9 Å². The zero-order valence-electron chi connectivity index (χ0n) is 12.4. The molecule has 3 heteroatoms. The molecule has 1 N–H and O–H groups in total. The maximum absolute atomic E-state index is 4.87. The van der Waals surface area contributed by atoms with Crippen LogP contribution in [0.3, 0.4) is 0 Å². The highest BCUT2D eigenvalue weighted by molar-refractivity contribution is 8.13. The molecule has 1 aliphatic carbocycles. The molecule has 18 heavy (non-hydrogen) atoms. The Morgan fingerprint density at radius 1 is 1.39 bits per heavy atom. The van der Waals surface area contributed by atoms with Gasteiger partial charge < -0.3 is 5.32 Å². The Hall–Kier alpha value is -0.180. The van der Waals surface area contributed by atoms with Crippen molar-refractivity contribution in [1.29, 1.82) is 0 Å². The highest BCUT2D eigenvalue weighted by Gasteiger charge is 2.41. The maximum atomic E-state index is 4.87. The molecule has 2 fully saturated rings. The number of rotatable bonds is 4. The molecule has 2 nitrogen and oxygen atoms in total. The fourth-order valence-electron chi connectivity index (χ4n) is 2.71. The lowest BCUT2D eigenvalue weighted by Gasteiger charge is -2.35. The van der Waals surface area contributed by atoms with Gasteiger partial charge in [0.1, 0.15) is 0 Å². The number of hydrogen-bond acceptors (Lipinski definition) is 2. The van der Waals surface area contributed by atoms with Gasteiger partial charge in [0.25, 0.3) is 0 Å². The van der Waals surface area contributed by atoms with E-state index < -0.39 is 0 Å². The van der Waals surface area contributed by atoms with Gasteiger partial charge in [0.2, 0.25) is 0 Å². The number of amidine groups is 1. The standard InChI is InChI=1S/C15H28N2S/c1-5-7-15(8-9-15)11-16-13-17-12(6-10-18-13)14(2,3)4/h12H,5-11H2,1-4H3,(H,16,17). The fraction of sp³-hybridized carbons (Fsp3) is 0.933. The SMILES string of the molecule is CCCC1(CN=C2NC(C(C)(C)C)CCS2)CC1. The van der Waals surface area contributed by atoms with Crippen molar-refractivity contribution in [3.63, 3.8) is 0 Å². The Morgan fingerprint density at radius 2 is 2.11 bits per heavy atom. The van der Waals surface area contributed by atoms with Crippen LogP contribution in [-0.4, -0.2) is 23.5 Å². The van der Waals surface area contributed by atoms with Crippen LogP contribution < -0.4 is 5.32 Å². The van der Waals surface area contributed by atoms with Crippen molar-refractivity contribution >= 4 is 16.9 Å². The van der Waals surface area contributed by atoms with Crippen LogP contribution in [-0.2, 0) is 0 Å². The molecule has 104 valence electrons. The first-order valence-electron chi connectivity index (χ1n) is 7.39. The zero-order valence-corrected chi connectivity index (χ0v) is 13.2. The second kappa shape index (κ2) is 5.44. The second-order valence-corrected chi connectivity index (χ2v) is 8.16. The minimum Gasteiger partial charge on any atom is -0.362 e. The van der Waals surface area contributed by atoms with Crippen molar-refractivity contribution in [2.24, 2.45) is 15.8 Å². The van der Waals surface area contributed by atoms with Crippen molar-refractivity contribution in [2.75, 3.05) is 12.3 Å². The first-order valence-corrected chi connectivity index (χ1v) is 8.38. The van der Waals surface area contributed by atoms with Crippen LogP contribution in [0.5, 0.6) is 0 Å². The van der Waals surface area contributed by atoms with Gasteiger partial charge in [0, 0.05) is 18.3 Å². The molecule has 0 radical (unpaired) electrons. The normalized spacial score (nSPS) is 29.1. The molecule has 0 aromatic heterocycles. The van der Waals surface area contributed by atoms with Gasteiger partial charge in [0.15, 0.2) is 5.17 Å². The molecule has 0 spiro atoms. The lowest BCUT2D eigenvalue weighted by Crippen LogP contribution is -2.46. The van der Waals surface area contributed by atoms with Gasteiger partial charge in [-0.1, -0.05) is 45.9 Å². The van der Waals surface area contributed by atoms with Crippen molar-refractivity contribution in [1.82, 2.24) is 5.32 Å². The molecule has 1 saturated carbocycles. The second-order valence-electron chi connectivity index (χ2n) is 7.07. The zero-order chi connectivity index (χ0) is 13.2. The molecule has 0 aromatic carbocycles. The highest BCUT2D eigenvalue weighted by Crippen LogP contribution is 2.49. The van der Waals surface area contributed by atoms with Gasteiger partial charge in [-0.05, 0) is 36.5 Å². The van der Waals surface area contributed by atoms with Crippen LogP contribution in [0.2, 0.25) is 0 Å². The molecule has 1 unspecified atom stereocenters. The largest absolute Gasteiger partial charge is 0.362 e. The summed E-state index contributed by atoms with van der Waals surface area (Å²) >= 11 is 1.91. The monoisotopic (exact) mass is 268 g/mol. The predicted octanol–water partition coefficient (Wildman–Crippen LogP) is 4.06. The minimum atomic E-state index is 0.336. The van der Waals surface area contributed by atoms with Crippen LogP contribution in [0.15, 0.2) is 4.99 Å². The molecule has 1 aliphatic heterocycles. The Labute approximate surface area is 116 Å². The summed E-state index contributed by atoms with van der Waals surface area (Å²) < 4.78 is 0. The van der Waals surface area contributed by atoms with Crippen LogP contribution in [0.25, 0.3) is 0 Å². The minimum absolute atomic E-state index is 0.336. The topological polar surface area (TPSA) is 24.4 Å². The average molecular weight is 268 g/mol. The van der Waals surface area contributed by atoms with E-state index in [1.807, 2.05) is 11.8 Å². The van der Waals surface area contributed by atoms with E-state index in [1.54, 1.807) is 0 Å². The van der Waals surface area contributed by atoms with Crippen LogP contribution in [0.1, 0.15) is 59.8 Å². The van der Waals surface area contributed by atoms with Gasteiger partial charge >= 0.3 is 0 Å². The Morgan fingerprint density at radius 3 is 2.67 bits per heavy atom. The van der Waals surface area contributed by atoms with Crippen LogP contribution >= 0.6 is 11.8 Å². The smallest absolute Gasteiger partial charge is 0.156 e. The third-order valence-corrected chi connectivity index (χ3v) is 5.24. The number of aliphatic imine (C=N–C) groups is 1. The molecule has 2 rings (SSSR count). The summed E-state index contributed by atoms with van der Waals surface area (Å²) in [7, 11) is 0. The van der Waals surface area contributed by atoms with E-state index in [1.165, 1.54) is 43.0 Å². The third-order valence-electron chi connectivity index (χ3n) is 4.28. The average Bonchev–Trinajstić information content (AvgIpc) is 3.07. The summed E-state index contributed by atoms with van der Waals surface area (Å²) in [5.74, 6) is 1.22. The van der Waals surface area contributed by atoms with Crippen LogP contribution in [0.4, 0.5) is 0 Å². The lowest BCUT2D eigenvalue weighted by molar-refractivity contribution is 0.290. The number of nitrogens with one attached hydrogen (secondary N) is 1. The first kappa shape index (κ1) is 14.2. The molecule has 1 atom stereocenters. The molecule has 0 aromatic rings. The molecule has 1 saturated heterocycles. The Balaban J connectivity index is 1.89. The number of nitrogens with zero attached hydrogens (tertiary/aromatic N) is 1. The third kappa shape index (κ3) is 3.66. The maximum Gasteiger partial charge on any atom is 0.156 e. The molecule has 1 heterocycles. The summed E-state index contributed by atoms with van der Waals surface area (Å²) in [6.07, 6.45) is 6.70. The van der Waals surface area contributed by atoms with E-state index >= 15 is 0 Å². The Kier molecular flexibility index (Phi) is 4.30. The summed E-state index contributed by atoms with van der Waals surface area (Å²) in [5.41, 5.74) is 0.918. The lowest BCUT2D eigenvalue weighted by atomic mass is 9.85. The first-order chi connectivity index (χ1) is 8.45. The molecule has 0 amide bonds. The van der Waals surface area contributed by atoms with Crippen LogP contribution in [0, 0.1) is 10.8 Å². The highest BCUT2D eigenvalue weighted by atomic mass is 32.2. The van der Waals surface area contributed by atoms with Gasteiger partial charge in [-0.2, -0.15) is 0 Å². The molecular formula is C15H28N2S. The summed E-state index contributed by atoms with van der Waals surface area (Å²) in [5, 5.41) is 4.85. The van der Waals surface area contributed by atoms with Crippen molar-refractivity contribution in [2.45, 2.75) is 65.8 Å². The summed E-state index contributed by atoms with van der Waals surface area (Å²) in [6.45, 7) is 10.3. The van der Waals surface area contributed by atoms with Gasteiger partial charge in [0.05, 0.1) is 0 Å². The number of hydrogen-bond donors (Lipinski definition) is 1. The Bertz CT molecular complexity index is 313. The van der Waals surface area contributed by atoms with E-state index in [2.05, 4.69) is 33.0 Å². The van der Waals surface area contributed by atoms with Gasteiger partial charge in [-0.3, -0.25) is 4.99 Å².